The molecule has 1 aromatic carbocycles. The highest BCUT2D eigenvalue weighted by molar-refractivity contribution is 7.99. The third-order valence-electron chi connectivity index (χ3n) is 1.81. The lowest BCUT2D eigenvalue weighted by Gasteiger charge is -2.07. The Balaban J connectivity index is 2.71. The molecule has 0 radical (unpaired) electrons. The molecule has 2 nitrogen and oxygen atoms in total. The minimum Gasteiger partial charge on any atom is -0.496 e. The Labute approximate surface area is 88.7 Å². The predicted octanol–water partition coefficient (Wildman–Crippen LogP) is 2.68. The number of carbonyl (C=O) groups excluding carboxylic acids is 1. The van der Waals surface area contributed by atoms with Crippen molar-refractivity contribution >= 4 is 18.0 Å². The molecule has 0 aliphatic carbocycles. The molecule has 0 bridgehead atoms. The summed E-state index contributed by atoms with van der Waals surface area (Å²) in [7, 11) is 1.66. The molecule has 0 aliphatic heterocycles. The van der Waals surface area contributed by atoms with E-state index in [0.29, 0.717) is 6.42 Å². The molecule has 1 rings (SSSR count). The zero-order valence-electron chi connectivity index (χ0n) is 8.45. The molecule has 0 N–H and O–H groups in total. The van der Waals surface area contributed by atoms with Crippen LogP contribution in [0.1, 0.15) is 12.0 Å². The Hall–Kier alpha value is -0.960. The Morgan fingerprint density at radius 3 is 2.93 bits per heavy atom. The van der Waals surface area contributed by atoms with Gasteiger partial charge in [0, 0.05) is 17.1 Å². The van der Waals surface area contributed by atoms with Crippen molar-refractivity contribution in [1.82, 2.24) is 0 Å². The summed E-state index contributed by atoms with van der Waals surface area (Å²) in [6.45, 7) is 2.04. The molecule has 0 unspecified atom stereocenters. The highest BCUT2D eigenvalue weighted by Gasteiger charge is 2.02. The van der Waals surface area contributed by atoms with E-state index >= 15 is 0 Å². The molecule has 14 heavy (non-hydrogen) atoms. The Morgan fingerprint density at radius 2 is 2.29 bits per heavy atom. The third-order valence-corrected chi connectivity index (χ3v) is 2.88. The highest BCUT2D eigenvalue weighted by atomic mass is 32.2. The van der Waals surface area contributed by atoms with Crippen LogP contribution in [0.4, 0.5) is 0 Å². The van der Waals surface area contributed by atoms with E-state index in [4.69, 9.17) is 4.74 Å². The lowest BCUT2D eigenvalue weighted by atomic mass is 10.2. The van der Waals surface area contributed by atoms with E-state index in [1.807, 2.05) is 19.1 Å². The van der Waals surface area contributed by atoms with E-state index in [9.17, 15) is 4.79 Å². The van der Waals surface area contributed by atoms with Crippen LogP contribution < -0.4 is 4.74 Å². The van der Waals surface area contributed by atoms with Crippen molar-refractivity contribution in [2.24, 2.45) is 0 Å². The summed E-state index contributed by atoms with van der Waals surface area (Å²) in [5, 5.41) is 0. The van der Waals surface area contributed by atoms with Gasteiger partial charge in [0.25, 0.3) is 0 Å². The summed E-state index contributed by atoms with van der Waals surface area (Å²) < 4.78 is 5.22. The normalized spacial score (nSPS) is 9.86. The van der Waals surface area contributed by atoms with Crippen LogP contribution in [0.5, 0.6) is 5.75 Å². The molecule has 0 spiro atoms. The number of methoxy groups -OCH3 is 1. The van der Waals surface area contributed by atoms with Gasteiger partial charge in [-0.3, -0.25) is 0 Å². The molecule has 0 atom stereocenters. The lowest BCUT2D eigenvalue weighted by molar-refractivity contribution is -0.107. The predicted molar refractivity (Wildman–Crippen MR) is 59.1 cm³/mol. The van der Waals surface area contributed by atoms with Crippen LogP contribution >= 0.6 is 11.8 Å². The molecule has 0 aromatic heterocycles. The van der Waals surface area contributed by atoms with Gasteiger partial charge in [0.05, 0.1) is 7.11 Å². The van der Waals surface area contributed by atoms with Crippen LogP contribution in [0.2, 0.25) is 0 Å². The Bertz CT molecular complexity index is 310. The second-order valence-electron chi connectivity index (χ2n) is 2.96. The van der Waals surface area contributed by atoms with Crippen molar-refractivity contribution in [2.45, 2.75) is 18.2 Å². The van der Waals surface area contributed by atoms with Gasteiger partial charge in [-0.1, -0.05) is 6.07 Å². The Morgan fingerprint density at radius 1 is 1.50 bits per heavy atom. The van der Waals surface area contributed by atoms with Gasteiger partial charge in [0.15, 0.2) is 0 Å². The zero-order valence-corrected chi connectivity index (χ0v) is 9.26. The van der Waals surface area contributed by atoms with E-state index < -0.39 is 0 Å². The summed E-state index contributed by atoms with van der Waals surface area (Å²) in [6, 6.07) is 6.05. The fraction of sp³-hybridized carbons (Fsp3) is 0.364. The fourth-order valence-corrected chi connectivity index (χ4v) is 2.11. The smallest absolute Gasteiger partial charge is 0.132 e. The maximum absolute atomic E-state index is 10.2. The Kier molecular flexibility index (Phi) is 4.53. The van der Waals surface area contributed by atoms with Crippen molar-refractivity contribution in [3.8, 4) is 5.75 Å². The lowest BCUT2D eigenvalue weighted by Crippen LogP contribution is -1.88. The first-order valence-electron chi connectivity index (χ1n) is 4.49. The van der Waals surface area contributed by atoms with Gasteiger partial charge in [-0.15, -0.1) is 11.8 Å². The van der Waals surface area contributed by atoms with E-state index in [0.717, 1.165) is 22.7 Å². The van der Waals surface area contributed by atoms with E-state index in [-0.39, 0.29) is 0 Å². The van der Waals surface area contributed by atoms with Gasteiger partial charge in [-0.05, 0) is 24.6 Å². The number of hydrogen-bond donors (Lipinski definition) is 0. The molecule has 3 heteroatoms. The standard InChI is InChI=1S/C11H14O2S/c1-9-4-5-10(13-2)11(8-9)14-7-3-6-12/h4-6,8H,3,7H2,1-2H3. The first kappa shape index (κ1) is 11.1. The van der Waals surface area contributed by atoms with Crippen LogP contribution in [-0.2, 0) is 4.79 Å². The van der Waals surface area contributed by atoms with E-state index in [1.54, 1.807) is 18.9 Å². The summed E-state index contributed by atoms with van der Waals surface area (Å²) >= 11 is 1.65. The molecule has 0 heterocycles. The topological polar surface area (TPSA) is 26.3 Å². The van der Waals surface area contributed by atoms with Crippen LogP contribution in [0, 0.1) is 6.92 Å². The third kappa shape index (κ3) is 3.07. The minimum absolute atomic E-state index is 0.585. The number of thioether (sulfide) groups is 1. The van der Waals surface area contributed by atoms with Crippen molar-refractivity contribution in [3.05, 3.63) is 23.8 Å². The van der Waals surface area contributed by atoms with E-state index in [1.165, 1.54) is 5.56 Å². The number of benzene rings is 1. The number of hydrogen-bond acceptors (Lipinski definition) is 3. The number of carbonyl (C=O) groups is 1. The zero-order chi connectivity index (χ0) is 10.4. The molecule has 1 aromatic rings. The van der Waals surface area contributed by atoms with Gasteiger partial charge >= 0.3 is 0 Å². The summed E-state index contributed by atoms with van der Waals surface area (Å²) in [4.78, 5) is 11.3. The fourth-order valence-electron chi connectivity index (χ4n) is 1.11. The average molecular weight is 210 g/mol. The van der Waals surface area contributed by atoms with Crippen LogP contribution in [0.25, 0.3) is 0 Å². The monoisotopic (exact) mass is 210 g/mol. The number of aryl methyl sites for hydroxylation is 1. The van der Waals surface area contributed by atoms with Gasteiger partial charge < -0.3 is 9.53 Å². The molecule has 0 saturated carbocycles. The molecule has 0 saturated heterocycles. The average Bonchev–Trinajstić information content (AvgIpc) is 2.19. The molecule has 0 fully saturated rings. The van der Waals surface area contributed by atoms with E-state index in [2.05, 4.69) is 6.07 Å². The van der Waals surface area contributed by atoms with Crippen LogP contribution in [0.3, 0.4) is 0 Å². The number of aldehydes is 1. The van der Waals surface area contributed by atoms with Crippen molar-refractivity contribution in [3.63, 3.8) is 0 Å². The number of ether oxygens (including phenoxy) is 1. The molecular formula is C11H14O2S. The second kappa shape index (κ2) is 5.70. The van der Waals surface area contributed by atoms with Crippen molar-refractivity contribution in [1.29, 1.82) is 0 Å². The largest absolute Gasteiger partial charge is 0.496 e. The first-order chi connectivity index (χ1) is 6.77. The number of rotatable bonds is 5. The molecule has 0 amide bonds. The van der Waals surface area contributed by atoms with Gasteiger partial charge in [-0.2, -0.15) is 0 Å². The van der Waals surface area contributed by atoms with Crippen molar-refractivity contribution < 1.29 is 9.53 Å². The first-order valence-corrected chi connectivity index (χ1v) is 5.47. The molecule has 0 aliphatic rings. The van der Waals surface area contributed by atoms with Crippen LogP contribution in [0.15, 0.2) is 23.1 Å². The van der Waals surface area contributed by atoms with Gasteiger partial charge in [-0.25, -0.2) is 0 Å². The van der Waals surface area contributed by atoms with Gasteiger partial charge in [0.2, 0.25) is 0 Å². The van der Waals surface area contributed by atoms with Crippen LogP contribution in [-0.4, -0.2) is 19.1 Å². The second-order valence-corrected chi connectivity index (χ2v) is 4.09. The minimum atomic E-state index is 0.585. The van der Waals surface area contributed by atoms with Crippen molar-refractivity contribution in [2.75, 3.05) is 12.9 Å². The molecule has 76 valence electrons. The van der Waals surface area contributed by atoms with Gasteiger partial charge in [0.1, 0.15) is 12.0 Å². The quantitative estimate of drug-likeness (QED) is 0.424. The highest BCUT2D eigenvalue weighted by Crippen LogP contribution is 2.30. The molecular weight excluding hydrogens is 196 g/mol. The summed E-state index contributed by atoms with van der Waals surface area (Å²) in [5.74, 6) is 1.69. The maximum atomic E-state index is 10.2. The summed E-state index contributed by atoms with van der Waals surface area (Å²) in [5.41, 5.74) is 1.21. The summed E-state index contributed by atoms with van der Waals surface area (Å²) in [6.07, 6.45) is 1.52. The SMILES string of the molecule is COc1ccc(C)cc1SCCC=O. The maximum Gasteiger partial charge on any atom is 0.132 e.